The number of hydrogen-bond donors (Lipinski definition) is 1. The van der Waals surface area contributed by atoms with Crippen LogP contribution in [0.15, 0.2) is 78.9 Å². The van der Waals surface area contributed by atoms with Crippen LogP contribution in [0.3, 0.4) is 0 Å². The van der Waals surface area contributed by atoms with Gasteiger partial charge in [-0.1, -0.05) is 42.5 Å². The molecule has 2 bridgehead atoms. The van der Waals surface area contributed by atoms with Gasteiger partial charge < -0.3 is 14.5 Å². The third kappa shape index (κ3) is 5.86. The van der Waals surface area contributed by atoms with Crippen LogP contribution in [0.25, 0.3) is 0 Å². The van der Waals surface area contributed by atoms with Crippen molar-refractivity contribution in [3.05, 3.63) is 102 Å². The zero-order valence-electron chi connectivity index (χ0n) is 21.2. The highest BCUT2D eigenvalue weighted by atomic mass is 19.1. The number of carbonyl (C=O) groups is 2. The Bertz CT molecular complexity index is 1260. The van der Waals surface area contributed by atoms with Crippen molar-refractivity contribution in [1.29, 1.82) is 0 Å². The summed E-state index contributed by atoms with van der Waals surface area (Å²) in [5.74, 6) is -0.751. The monoisotopic (exact) mass is 520 g/mol. The van der Waals surface area contributed by atoms with Gasteiger partial charge in [0, 0.05) is 24.3 Å². The van der Waals surface area contributed by atoms with Crippen LogP contribution < -0.4 is 10.2 Å². The number of nitrogens with zero attached hydrogens (tertiary/aromatic N) is 2. The lowest BCUT2D eigenvalue weighted by molar-refractivity contribution is -0.945. The highest BCUT2D eigenvalue weighted by Gasteiger charge is 2.47. The first-order valence-electron chi connectivity index (χ1n) is 13.1. The highest BCUT2D eigenvalue weighted by molar-refractivity contribution is 5.94. The summed E-state index contributed by atoms with van der Waals surface area (Å²) < 4.78 is 35.0. The molecule has 3 aliphatic heterocycles. The zero-order valence-corrected chi connectivity index (χ0v) is 21.2. The second-order valence-electron chi connectivity index (χ2n) is 10.2. The van der Waals surface area contributed by atoms with Crippen molar-refractivity contribution in [2.75, 3.05) is 37.6 Å². The highest BCUT2D eigenvalue weighted by Crippen LogP contribution is 2.36. The minimum Gasteiger partial charge on any atom is -0.440 e. The number of amides is 2. The molecule has 1 unspecified atom stereocenters. The molecule has 6 rings (SSSR count). The summed E-state index contributed by atoms with van der Waals surface area (Å²) in [5.41, 5.74) is 1.42. The van der Waals surface area contributed by atoms with E-state index in [0.717, 1.165) is 37.0 Å². The van der Waals surface area contributed by atoms with E-state index in [2.05, 4.69) is 5.32 Å². The van der Waals surface area contributed by atoms with E-state index in [1.165, 1.54) is 23.1 Å². The van der Waals surface area contributed by atoms with Gasteiger partial charge in [-0.25, -0.2) is 13.6 Å². The molecule has 6 nitrogen and oxygen atoms in total. The number of rotatable bonds is 8. The number of hydrogen-bond acceptors (Lipinski definition) is 3. The molecule has 0 saturated carbocycles. The molecule has 0 aliphatic carbocycles. The molecule has 3 aromatic carbocycles. The van der Waals surface area contributed by atoms with Crippen molar-refractivity contribution in [2.45, 2.75) is 25.5 Å². The molecule has 2 amide bonds. The van der Waals surface area contributed by atoms with Crippen LogP contribution in [-0.2, 0) is 11.3 Å². The predicted molar refractivity (Wildman–Crippen MR) is 140 cm³/mol. The second-order valence-corrected chi connectivity index (χ2v) is 10.2. The second kappa shape index (κ2) is 11.3. The van der Waals surface area contributed by atoms with Crippen LogP contribution in [0.5, 0.6) is 0 Å². The molecule has 3 fully saturated rings. The third-order valence-electron chi connectivity index (χ3n) is 7.82. The molecular weight excluding hydrogens is 488 g/mol. The fourth-order valence-electron chi connectivity index (χ4n) is 5.65. The molecule has 3 aromatic rings. The Morgan fingerprint density at radius 1 is 0.921 bits per heavy atom. The number of halogens is 2. The minimum atomic E-state index is -0.617. The van der Waals surface area contributed by atoms with Crippen molar-refractivity contribution in [3.8, 4) is 0 Å². The van der Waals surface area contributed by atoms with Crippen LogP contribution in [-0.4, -0.2) is 55.3 Å². The molecule has 3 aliphatic rings. The molecular formula is C30H32F2N3O3+. The predicted octanol–water partition coefficient (Wildman–Crippen LogP) is 5.15. The molecule has 198 valence electrons. The Morgan fingerprint density at radius 3 is 2.32 bits per heavy atom. The van der Waals surface area contributed by atoms with E-state index >= 15 is 0 Å². The van der Waals surface area contributed by atoms with Gasteiger partial charge in [0.15, 0.2) is 6.10 Å². The first-order chi connectivity index (χ1) is 18.4. The maximum Gasteiger partial charge on any atom is 0.415 e. The van der Waals surface area contributed by atoms with Gasteiger partial charge in [0.05, 0.1) is 38.4 Å². The Kier molecular flexibility index (Phi) is 7.69. The average molecular weight is 521 g/mol. The zero-order chi connectivity index (χ0) is 26.5. The van der Waals surface area contributed by atoms with E-state index in [1.54, 1.807) is 42.5 Å². The van der Waals surface area contributed by atoms with Gasteiger partial charge in [-0.05, 0) is 42.0 Å². The smallest absolute Gasteiger partial charge is 0.415 e. The molecule has 3 saturated heterocycles. The fourth-order valence-corrected chi connectivity index (χ4v) is 5.65. The Labute approximate surface area is 221 Å². The largest absolute Gasteiger partial charge is 0.440 e. The first kappa shape index (κ1) is 25.9. The molecule has 8 heteroatoms. The lowest BCUT2D eigenvalue weighted by Crippen LogP contribution is -2.66. The van der Waals surface area contributed by atoms with Gasteiger partial charge in [-0.2, -0.15) is 0 Å². The van der Waals surface area contributed by atoms with Gasteiger partial charge in [0.2, 0.25) is 0 Å². The summed E-state index contributed by atoms with van der Waals surface area (Å²) >= 11 is 0. The quantitative estimate of drug-likeness (QED) is 0.418. The van der Waals surface area contributed by atoms with Crippen molar-refractivity contribution < 1.29 is 27.6 Å². The SMILES string of the molecule is O=C(NCC[N+]12CCC(CC1)C(OC(=O)N(Cc1ccc(F)cc1)c1ccccc1F)C2)c1ccccc1. The van der Waals surface area contributed by atoms with Crippen LogP contribution >= 0.6 is 0 Å². The summed E-state index contributed by atoms with van der Waals surface area (Å²) in [6.45, 7) is 3.97. The normalized spacial score (nSPS) is 22.1. The summed E-state index contributed by atoms with van der Waals surface area (Å²) in [5, 5.41) is 3.02. The van der Waals surface area contributed by atoms with E-state index < -0.39 is 11.9 Å². The first-order valence-corrected chi connectivity index (χ1v) is 13.1. The Hall–Kier alpha value is -3.78. The van der Waals surface area contributed by atoms with Crippen molar-refractivity contribution in [2.24, 2.45) is 5.92 Å². The van der Waals surface area contributed by atoms with Gasteiger partial charge in [0.1, 0.15) is 18.2 Å². The average Bonchev–Trinajstić information content (AvgIpc) is 2.94. The number of anilines is 1. The number of piperidine rings is 3. The molecule has 0 aromatic heterocycles. The lowest BCUT2D eigenvalue weighted by Gasteiger charge is -2.52. The van der Waals surface area contributed by atoms with E-state index in [4.69, 9.17) is 4.74 Å². The lowest BCUT2D eigenvalue weighted by atomic mass is 9.83. The van der Waals surface area contributed by atoms with Crippen LogP contribution in [0.1, 0.15) is 28.8 Å². The summed E-state index contributed by atoms with van der Waals surface area (Å²) in [7, 11) is 0. The van der Waals surface area contributed by atoms with E-state index in [-0.39, 0.29) is 36.0 Å². The molecule has 1 N–H and O–H groups in total. The van der Waals surface area contributed by atoms with Gasteiger partial charge in [-0.15, -0.1) is 0 Å². The third-order valence-corrected chi connectivity index (χ3v) is 7.82. The number of para-hydroxylation sites is 1. The van der Waals surface area contributed by atoms with Gasteiger partial charge in [0.25, 0.3) is 5.91 Å². The number of quaternary nitrogens is 1. The van der Waals surface area contributed by atoms with E-state index in [0.29, 0.717) is 24.2 Å². The number of ether oxygens (including phenoxy) is 1. The molecule has 0 spiro atoms. The minimum absolute atomic E-state index is 0.0585. The van der Waals surface area contributed by atoms with E-state index in [9.17, 15) is 18.4 Å². The maximum atomic E-state index is 14.7. The Morgan fingerprint density at radius 2 is 1.61 bits per heavy atom. The van der Waals surface area contributed by atoms with Crippen molar-refractivity contribution in [1.82, 2.24) is 5.32 Å². The standard InChI is InChI=1S/C30H31F2N3O3/c31-25-12-10-22(11-13-25)20-34(27-9-5-4-8-26(27)32)30(37)38-28-21-35(17-14-23(28)15-18-35)19-16-33-29(36)24-6-2-1-3-7-24/h1-13,23,28H,14-21H2/p+1. The Balaban J connectivity index is 1.25. The fraction of sp³-hybridized carbons (Fsp3) is 0.333. The topological polar surface area (TPSA) is 58.6 Å². The maximum absolute atomic E-state index is 14.7. The van der Waals surface area contributed by atoms with Crippen molar-refractivity contribution >= 4 is 17.7 Å². The summed E-state index contributed by atoms with van der Waals surface area (Å²) in [6, 6.07) is 21.0. The molecule has 38 heavy (non-hydrogen) atoms. The number of benzene rings is 3. The molecule has 1 atom stereocenters. The molecule has 0 radical (unpaired) electrons. The number of nitrogens with one attached hydrogen (secondary N) is 1. The van der Waals surface area contributed by atoms with Gasteiger partial charge in [-0.3, -0.25) is 9.69 Å². The summed E-state index contributed by atoms with van der Waals surface area (Å²) in [6.07, 6.45) is 0.954. The van der Waals surface area contributed by atoms with Crippen LogP contribution in [0, 0.1) is 17.6 Å². The van der Waals surface area contributed by atoms with Crippen LogP contribution in [0.2, 0.25) is 0 Å². The summed E-state index contributed by atoms with van der Waals surface area (Å²) in [4.78, 5) is 27.2. The van der Waals surface area contributed by atoms with Crippen LogP contribution in [0.4, 0.5) is 19.3 Å². The van der Waals surface area contributed by atoms with E-state index in [1.807, 2.05) is 18.2 Å². The van der Waals surface area contributed by atoms with Gasteiger partial charge >= 0.3 is 6.09 Å². The number of carbonyl (C=O) groups excluding carboxylic acids is 2. The number of fused-ring (bicyclic) bond motifs is 3. The molecule has 3 heterocycles. The van der Waals surface area contributed by atoms with Crippen molar-refractivity contribution in [3.63, 3.8) is 0 Å².